The monoisotopic (exact) mass is 342 g/mol. The summed E-state index contributed by atoms with van der Waals surface area (Å²) in [4.78, 5) is 41.2. The first kappa shape index (κ1) is 16.2. The second-order valence-electron chi connectivity index (χ2n) is 5.28. The number of carbonyl (C=O) groups is 3. The molecular weight excluding hydrogens is 328 g/mol. The van der Waals surface area contributed by atoms with Gasteiger partial charge in [0.05, 0.1) is 17.4 Å². The predicted molar refractivity (Wildman–Crippen MR) is 87.5 cm³/mol. The first-order valence-electron chi connectivity index (χ1n) is 7.29. The van der Waals surface area contributed by atoms with Gasteiger partial charge in [-0.1, -0.05) is 42.1 Å². The molecule has 1 N–H and O–H groups in total. The summed E-state index contributed by atoms with van der Waals surface area (Å²) in [7, 11) is 0. The second kappa shape index (κ2) is 6.84. The van der Waals surface area contributed by atoms with E-state index < -0.39 is 11.2 Å². The number of aromatic carboxylic acids is 1. The summed E-state index contributed by atoms with van der Waals surface area (Å²) in [5.41, 5.74) is 0.901. The van der Waals surface area contributed by atoms with Crippen LogP contribution in [0.1, 0.15) is 22.3 Å². The van der Waals surface area contributed by atoms with E-state index in [9.17, 15) is 19.5 Å². The standard InChI is InChI=1S/C17H14N2O4S/c20-14-9-13(24-15-12(17(22)23)7-4-8-18-15)16(21)19(14)10-11-5-2-1-3-6-11/h1-8,13H,9-10H2,(H,22,23)/t13-/m1/s1. The van der Waals surface area contributed by atoms with Crippen molar-refractivity contribution in [3.05, 3.63) is 59.8 Å². The number of nitrogens with zero attached hydrogens (tertiary/aromatic N) is 2. The Bertz CT molecular complexity index is 794. The van der Waals surface area contributed by atoms with Gasteiger partial charge in [0.2, 0.25) is 11.8 Å². The number of rotatable bonds is 5. The number of benzene rings is 1. The van der Waals surface area contributed by atoms with Gasteiger partial charge < -0.3 is 5.11 Å². The molecule has 122 valence electrons. The van der Waals surface area contributed by atoms with Crippen molar-refractivity contribution in [3.8, 4) is 0 Å². The number of amides is 2. The topological polar surface area (TPSA) is 87.6 Å². The number of hydrogen-bond acceptors (Lipinski definition) is 5. The van der Waals surface area contributed by atoms with Crippen molar-refractivity contribution in [2.45, 2.75) is 23.2 Å². The van der Waals surface area contributed by atoms with Gasteiger partial charge in [-0.05, 0) is 17.7 Å². The van der Waals surface area contributed by atoms with E-state index >= 15 is 0 Å². The molecule has 2 amide bonds. The van der Waals surface area contributed by atoms with E-state index in [-0.39, 0.29) is 35.4 Å². The quantitative estimate of drug-likeness (QED) is 0.838. The molecule has 1 atom stereocenters. The minimum Gasteiger partial charge on any atom is -0.478 e. The summed E-state index contributed by atoms with van der Waals surface area (Å²) in [6.45, 7) is 0.226. The smallest absolute Gasteiger partial charge is 0.338 e. The Balaban J connectivity index is 1.76. The lowest BCUT2D eigenvalue weighted by Crippen LogP contribution is -2.30. The van der Waals surface area contributed by atoms with Crippen LogP contribution in [0.15, 0.2) is 53.7 Å². The maximum atomic E-state index is 12.5. The molecule has 2 heterocycles. The molecule has 1 aromatic carbocycles. The summed E-state index contributed by atoms with van der Waals surface area (Å²) in [6.07, 6.45) is 1.52. The zero-order valence-corrected chi connectivity index (χ0v) is 13.4. The molecule has 1 aliphatic rings. The van der Waals surface area contributed by atoms with Gasteiger partial charge in [-0.25, -0.2) is 9.78 Å². The molecule has 0 aliphatic carbocycles. The number of likely N-dealkylation sites (tertiary alicyclic amines) is 1. The SMILES string of the molecule is O=C(O)c1cccnc1S[C@@H]1CC(=O)N(Cc2ccccc2)C1=O. The molecule has 0 radical (unpaired) electrons. The van der Waals surface area contributed by atoms with Crippen molar-refractivity contribution in [3.63, 3.8) is 0 Å². The Hall–Kier alpha value is -2.67. The van der Waals surface area contributed by atoms with Gasteiger partial charge in [0.25, 0.3) is 0 Å². The molecule has 24 heavy (non-hydrogen) atoms. The normalized spacial score (nSPS) is 17.3. The van der Waals surface area contributed by atoms with E-state index in [0.29, 0.717) is 0 Å². The Morgan fingerprint density at radius 2 is 1.96 bits per heavy atom. The van der Waals surface area contributed by atoms with Crippen LogP contribution in [0.4, 0.5) is 0 Å². The van der Waals surface area contributed by atoms with Crippen molar-refractivity contribution in [2.75, 3.05) is 0 Å². The van der Waals surface area contributed by atoms with E-state index in [1.165, 1.54) is 23.2 Å². The van der Waals surface area contributed by atoms with Crippen molar-refractivity contribution < 1.29 is 19.5 Å². The third-order valence-corrected chi connectivity index (χ3v) is 4.84. The molecule has 0 saturated carbocycles. The fourth-order valence-electron chi connectivity index (χ4n) is 2.46. The van der Waals surface area contributed by atoms with E-state index in [2.05, 4.69) is 4.98 Å². The lowest BCUT2D eigenvalue weighted by Gasteiger charge is -2.15. The van der Waals surface area contributed by atoms with E-state index in [1.807, 2.05) is 30.3 Å². The predicted octanol–water partition coefficient (Wildman–Crippen LogP) is 2.20. The zero-order chi connectivity index (χ0) is 17.1. The summed E-state index contributed by atoms with van der Waals surface area (Å²) in [6, 6.07) is 12.2. The van der Waals surface area contributed by atoms with Crippen molar-refractivity contribution in [2.24, 2.45) is 0 Å². The molecule has 0 spiro atoms. The van der Waals surface area contributed by atoms with Crippen molar-refractivity contribution in [1.82, 2.24) is 9.88 Å². The van der Waals surface area contributed by atoms with Crippen LogP contribution in [0.25, 0.3) is 0 Å². The highest BCUT2D eigenvalue weighted by Gasteiger charge is 2.39. The van der Waals surface area contributed by atoms with Gasteiger partial charge in [0, 0.05) is 12.6 Å². The number of carboxylic acids is 1. The lowest BCUT2D eigenvalue weighted by molar-refractivity contribution is -0.138. The van der Waals surface area contributed by atoms with Crippen LogP contribution in [-0.2, 0) is 16.1 Å². The Morgan fingerprint density at radius 3 is 2.67 bits per heavy atom. The van der Waals surface area contributed by atoms with Crippen molar-refractivity contribution in [1.29, 1.82) is 0 Å². The van der Waals surface area contributed by atoms with Crippen LogP contribution in [0, 0.1) is 0 Å². The maximum Gasteiger partial charge on any atom is 0.338 e. The van der Waals surface area contributed by atoms with Crippen LogP contribution in [0.3, 0.4) is 0 Å². The highest BCUT2D eigenvalue weighted by molar-refractivity contribution is 8.00. The Kier molecular flexibility index (Phi) is 4.61. The fraction of sp³-hybridized carbons (Fsp3) is 0.176. The third-order valence-electron chi connectivity index (χ3n) is 3.64. The highest BCUT2D eigenvalue weighted by Crippen LogP contribution is 2.32. The van der Waals surface area contributed by atoms with Crippen molar-refractivity contribution >= 4 is 29.5 Å². The van der Waals surface area contributed by atoms with Crippen LogP contribution < -0.4 is 0 Å². The summed E-state index contributed by atoms with van der Waals surface area (Å²) < 4.78 is 0. The maximum absolute atomic E-state index is 12.5. The molecule has 3 rings (SSSR count). The number of imide groups is 1. The molecule has 6 nitrogen and oxygen atoms in total. The Morgan fingerprint density at radius 1 is 1.21 bits per heavy atom. The highest BCUT2D eigenvalue weighted by atomic mass is 32.2. The molecule has 0 bridgehead atoms. The molecule has 1 aliphatic heterocycles. The van der Waals surface area contributed by atoms with E-state index in [1.54, 1.807) is 0 Å². The van der Waals surface area contributed by atoms with Crippen LogP contribution >= 0.6 is 11.8 Å². The number of thioether (sulfide) groups is 1. The molecule has 1 aromatic heterocycles. The fourth-order valence-corrected chi connectivity index (χ4v) is 3.59. The number of aromatic nitrogens is 1. The first-order valence-corrected chi connectivity index (χ1v) is 8.17. The van der Waals surface area contributed by atoms with Crippen LogP contribution in [-0.4, -0.2) is 38.0 Å². The second-order valence-corrected chi connectivity index (χ2v) is 6.47. The summed E-state index contributed by atoms with van der Waals surface area (Å²) in [5, 5.41) is 8.79. The zero-order valence-electron chi connectivity index (χ0n) is 12.6. The molecule has 1 fully saturated rings. The number of carboxylic acid groups (broad SMARTS) is 1. The van der Waals surface area contributed by atoms with Gasteiger partial charge in [0.15, 0.2) is 0 Å². The third kappa shape index (κ3) is 3.30. The molecular formula is C17H14N2O4S. The van der Waals surface area contributed by atoms with Gasteiger partial charge in [-0.2, -0.15) is 0 Å². The molecule has 0 unspecified atom stereocenters. The van der Waals surface area contributed by atoms with Gasteiger partial charge >= 0.3 is 5.97 Å². The molecule has 2 aromatic rings. The van der Waals surface area contributed by atoms with E-state index in [4.69, 9.17) is 0 Å². The van der Waals surface area contributed by atoms with Crippen LogP contribution in [0.2, 0.25) is 0 Å². The average Bonchev–Trinajstić information content (AvgIpc) is 2.84. The average molecular weight is 342 g/mol. The largest absolute Gasteiger partial charge is 0.478 e. The van der Waals surface area contributed by atoms with Gasteiger partial charge in [-0.3, -0.25) is 14.5 Å². The summed E-state index contributed by atoms with van der Waals surface area (Å²) >= 11 is 1.03. The van der Waals surface area contributed by atoms with Gasteiger partial charge in [-0.15, -0.1) is 0 Å². The lowest BCUT2D eigenvalue weighted by atomic mass is 10.2. The van der Waals surface area contributed by atoms with Crippen LogP contribution in [0.5, 0.6) is 0 Å². The number of hydrogen-bond donors (Lipinski definition) is 1. The molecule has 1 saturated heterocycles. The van der Waals surface area contributed by atoms with E-state index in [0.717, 1.165) is 17.3 Å². The number of carbonyl (C=O) groups excluding carboxylic acids is 2. The number of pyridine rings is 1. The molecule has 7 heteroatoms. The minimum absolute atomic E-state index is 0.0317. The summed E-state index contributed by atoms with van der Waals surface area (Å²) in [5.74, 6) is -1.67. The van der Waals surface area contributed by atoms with Gasteiger partial charge in [0.1, 0.15) is 5.03 Å². The first-order chi connectivity index (χ1) is 11.6. The minimum atomic E-state index is -1.11. The Labute approximate surface area is 142 Å².